The minimum Gasteiger partial charge on any atom is -0.467 e. The fraction of sp³-hybridized carbons (Fsp3) is 0.522. The standard InChI is InChI=1S/C23H27N3O4S2/c1-14-6-7-17-18(10-14)32-21-20(17)22(28)26(12-16-5-3-9-30-16)23(25-21)31-13-19(27)24-11-15-4-2-8-29-15/h2,4,8,14,16H,3,5-7,9-13H2,1H3,(H,24,27). The van der Waals surface area contributed by atoms with Crippen molar-refractivity contribution in [3.63, 3.8) is 0 Å². The third kappa shape index (κ3) is 4.51. The number of ether oxygens (including phenoxy) is 1. The van der Waals surface area contributed by atoms with Crippen LogP contribution in [0.15, 0.2) is 32.8 Å². The Kier molecular flexibility index (Phi) is 6.39. The van der Waals surface area contributed by atoms with Gasteiger partial charge in [-0.15, -0.1) is 11.3 Å². The first-order chi connectivity index (χ1) is 15.6. The van der Waals surface area contributed by atoms with Crippen LogP contribution in [-0.4, -0.2) is 33.9 Å². The number of hydrogen-bond donors (Lipinski definition) is 1. The lowest BCUT2D eigenvalue weighted by molar-refractivity contribution is -0.118. The largest absolute Gasteiger partial charge is 0.467 e. The minimum atomic E-state index is -0.122. The monoisotopic (exact) mass is 473 g/mol. The number of thioether (sulfide) groups is 1. The number of carbonyl (C=O) groups excluding carboxylic acids is 1. The number of aryl methyl sites for hydroxylation is 1. The average molecular weight is 474 g/mol. The van der Waals surface area contributed by atoms with Crippen molar-refractivity contribution < 1.29 is 13.9 Å². The minimum absolute atomic E-state index is 0.0102. The van der Waals surface area contributed by atoms with Crippen molar-refractivity contribution >= 4 is 39.2 Å². The summed E-state index contributed by atoms with van der Waals surface area (Å²) in [6.45, 7) is 3.83. The van der Waals surface area contributed by atoms with Gasteiger partial charge >= 0.3 is 0 Å². The van der Waals surface area contributed by atoms with Gasteiger partial charge in [0, 0.05) is 11.5 Å². The van der Waals surface area contributed by atoms with Gasteiger partial charge in [0.25, 0.3) is 5.56 Å². The number of furan rings is 1. The van der Waals surface area contributed by atoms with Gasteiger partial charge in [0.05, 0.1) is 36.6 Å². The van der Waals surface area contributed by atoms with Crippen LogP contribution < -0.4 is 10.9 Å². The molecule has 1 aliphatic heterocycles. The van der Waals surface area contributed by atoms with E-state index in [1.54, 1.807) is 28.2 Å². The summed E-state index contributed by atoms with van der Waals surface area (Å²) < 4.78 is 12.8. The third-order valence-electron chi connectivity index (χ3n) is 6.16. The Morgan fingerprint density at radius 2 is 2.31 bits per heavy atom. The molecule has 3 aromatic rings. The van der Waals surface area contributed by atoms with E-state index in [0.717, 1.165) is 48.9 Å². The van der Waals surface area contributed by atoms with Crippen molar-refractivity contribution in [2.75, 3.05) is 12.4 Å². The number of carbonyl (C=O) groups is 1. The maximum atomic E-state index is 13.6. The number of fused-ring (bicyclic) bond motifs is 3. The molecular weight excluding hydrogens is 446 g/mol. The van der Waals surface area contributed by atoms with Crippen LogP contribution in [0.1, 0.15) is 42.4 Å². The van der Waals surface area contributed by atoms with Gasteiger partial charge < -0.3 is 14.5 Å². The molecule has 2 unspecified atom stereocenters. The maximum absolute atomic E-state index is 13.6. The molecule has 0 saturated carbocycles. The van der Waals surface area contributed by atoms with Crippen LogP contribution in [0.5, 0.6) is 0 Å². The first-order valence-electron chi connectivity index (χ1n) is 11.2. The molecule has 0 bridgehead atoms. The predicted octanol–water partition coefficient (Wildman–Crippen LogP) is 3.76. The number of amides is 1. The van der Waals surface area contributed by atoms with E-state index in [-0.39, 0.29) is 23.3 Å². The molecule has 7 nitrogen and oxygen atoms in total. The molecule has 1 aliphatic carbocycles. The van der Waals surface area contributed by atoms with Crippen LogP contribution in [0.25, 0.3) is 10.2 Å². The molecule has 0 spiro atoms. The number of nitrogens with one attached hydrogen (secondary N) is 1. The zero-order valence-corrected chi connectivity index (χ0v) is 19.7. The molecule has 1 N–H and O–H groups in total. The van der Waals surface area contributed by atoms with E-state index in [0.29, 0.717) is 29.9 Å². The normalized spacial score (nSPS) is 20.5. The molecule has 3 aromatic heterocycles. The molecule has 1 amide bonds. The molecule has 2 atom stereocenters. The quantitative estimate of drug-likeness (QED) is 0.415. The zero-order valence-electron chi connectivity index (χ0n) is 18.1. The Hall–Kier alpha value is -2.10. The molecule has 1 saturated heterocycles. The zero-order chi connectivity index (χ0) is 22.1. The van der Waals surface area contributed by atoms with Crippen molar-refractivity contribution in [3.8, 4) is 0 Å². The molecule has 9 heteroatoms. The highest BCUT2D eigenvalue weighted by atomic mass is 32.2. The maximum Gasteiger partial charge on any atom is 0.263 e. The Balaban J connectivity index is 1.41. The Morgan fingerprint density at radius 1 is 1.41 bits per heavy atom. The molecule has 5 rings (SSSR count). The van der Waals surface area contributed by atoms with Crippen LogP contribution in [0.3, 0.4) is 0 Å². The van der Waals surface area contributed by atoms with Crippen LogP contribution >= 0.6 is 23.1 Å². The fourth-order valence-corrected chi connectivity index (χ4v) is 6.71. The summed E-state index contributed by atoms with van der Waals surface area (Å²) >= 11 is 2.96. The van der Waals surface area contributed by atoms with Crippen molar-refractivity contribution in [1.29, 1.82) is 0 Å². The second-order valence-corrected chi connectivity index (χ2v) is 10.6. The van der Waals surface area contributed by atoms with E-state index >= 15 is 0 Å². The smallest absolute Gasteiger partial charge is 0.263 e. The molecule has 170 valence electrons. The fourth-order valence-electron chi connectivity index (χ4n) is 4.45. The number of thiophene rings is 1. The second kappa shape index (κ2) is 9.41. The Bertz CT molecular complexity index is 1160. The third-order valence-corrected chi connectivity index (χ3v) is 8.29. The van der Waals surface area contributed by atoms with E-state index in [4.69, 9.17) is 14.1 Å². The van der Waals surface area contributed by atoms with E-state index in [2.05, 4.69) is 12.2 Å². The lowest BCUT2D eigenvalue weighted by atomic mass is 9.89. The SMILES string of the molecule is CC1CCc2c(sc3nc(SCC(=O)NCc4ccco4)n(CC4CCCO4)c(=O)c23)C1. The predicted molar refractivity (Wildman–Crippen MR) is 125 cm³/mol. The summed E-state index contributed by atoms with van der Waals surface area (Å²) in [4.78, 5) is 33.0. The number of hydrogen-bond acceptors (Lipinski definition) is 7. The van der Waals surface area contributed by atoms with Crippen LogP contribution in [0.4, 0.5) is 0 Å². The average Bonchev–Trinajstić information content (AvgIpc) is 3.53. The van der Waals surface area contributed by atoms with E-state index in [1.165, 1.54) is 22.2 Å². The van der Waals surface area contributed by atoms with Gasteiger partial charge in [0.1, 0.15) is 10.6 Å². The summed E-state index contributed by atoms with van der Waals surface area (Å²) in [6, 6.07) is 3.61. The van der Waals surface area contributed by atoms with Gasteiger partial charge in [0.2, 0.25) is 5.91 Å². The van der Waals surface area contributed by atoms with Crippen LogP contribution in [0, 0.1) is 5.92 Å². The van der Waals surface area contributed by atoms with Gasteiger partial charge in [0.15, 0.2) is 5.16 Å². The number of rotatable bonds is 7. The Morgan fingerprint density at radius 3 is 3.09 bits per heavy atom. The van der Waals surface area contributed by atoms with Gasteiger partial charge in [-0.05, 0) is 55.7 Å². The van der Waals surface area contributed by atoms with Gasteiger partial charge in [-0.3, -0.25) is 14.2 Å². The molecule has 0 radical (unpaired) electrons. The summed E-state index contributed by atoms with van der Waals surface area (Å²) in [6.07, 6.45) is 6.62. The van der Waals surface area contributed by atoms with E-state index < -0.39 is 0 Å². The summed E-state index contributed by atoms with van der Waals surface area (Å²) in [5.41, 5.74) is 1.20. The first kappa shape index (κ1) is 21.7. The second-order valence-electron chi connectivity index (χ2n) is 8.62. The highest BCUT2D eigenvalue weighted by Crippen LogP contribution is 2.36. The highest BCUT2D eigenvalue weighted by molar-refractivity contribution is 7.99. The van der Waals surface area contributed by atoms with Crippen molar-refractivity contribution in [2.45, 2.75) is 63.4 Å². The number of aromatic nitrogens is 2. The van der Waals surface area contributed by atoms with Gasteiger partial charge in [-0.1, -0.05) is 18.7 Å². The lowest BCUT2D eigenvalue weighted by Gasteiger charge is -2.18. The lowest BCUT2D eigenvalue weighted by Crippen LogP contribution is -2.30. The van der Waals surface area contributed by atoms with E-state index in [1.807, 2.05) is 6.07 Å². The van der Waals surface area contributed by atoms with Crippen LogP contribution in [-0.2, 0) is 35.5 Å². The Labute approximate surface area is 194 Å². The molecule has 2 aliphatic rings. The number of nitrogens with zero attached hydrogens (tertiary/aromatic N) is 2. The molecule has 32 heavy (non-hydrogen) atoms. The summed E-state index contributed by atoms with van der Waals surface area (Å²) in [7, 11) is 0. The molecule has 4 heterocycles. The van der Waals surface area contributed by atoms with E-state index in [9.17, 15) is 9.59 Å². The molecule has 1 fully saturated rings. The highest BCUT2D eigenvalue weighted by Gasteiger charge is 2.26. The molecular formula is C23H27N3O4S2. The summed E-state index contributed by atoms with van der Waals surface area (Å²) in [5.74, 6) is 1.41. The van der Waals surface area contributed by atoms with Crippen molar-refractivity contribution in [1.82, 2.24) is 14.9 Å². The first-order valence-corrected chi connectivity index (χ1v) is 13.0. The topological polar surface area (TPSA) is 86.4 Å². The summed E-state index contributed by atoms with van der Waals surface area (Å²) in [5, 5.41) is 4.23. The van der Waals surface area contributed by atoms with Crippen molar-refractivity contribution in [2.24, 2.45) is 5.92 Å². The van der Waals surface area contributed by atoms with Gasteiger partial charge in [-0.25, -0.2) is 4.98 Å². The van der Waals surface area contributed by atoms with Crippen molar-refractivity contribution in [3.05, 3.63) is 45.0 Å². The van der Waals surface area contributed by atoms with Gasteiger partial charge in [-0.2, -0.15) is 0 Å². The van der Waals surface area contributed by atoms with Crippen LogP contribution in [0.2, 0.25) is 0 Å². The molecule has 0 aromatic carbocycles.